The van der Waals surface area contributed by atoms with Gasteiger partial charge in [0.15, 0.2) is 9.84 Å². The van der Waals surface area contributed by atoms with E-state index in [4.69, 9.17) is 5.73 Å². The van der Waals surface area contributed by atoms with Crippen molar-refractivity contribution < 1.29 is 13.2 Å². The monoisotopic (exact) mass is 309 g/mol. The third-order valence-electron chi connectivity index (χ3n) is 3.63. The van der Waals surface area contributed by atoms with Gasteiger partial charge in [0.1, 0.15) is 0 Å². The summed E-state index contributed by atoms with van der Waals surface area (Å²) in [7, 11) is -3.25. The molecule has 0 radical (unpaired) electrons. The molecule has 1 heterocycles. The summed E-state index contributed by atoms with van der Waals surface area (Å²) in [5, 5.41) is 3.42. The summed E-state index contributed by atoms with van der Waals surface area (Å²) in [5.74, 6) is -0.317. The molecule has 4 N–H and O–H groups in total. The van der Waals surface area contributed by atoms with E-state index >= 15 is 0 Å². The Kier molecular flexibility index (Phi) is 3.71. The molecule has 7 heteroatoms. The van der Waals surface area contributed by atoms with Crippen molar-refractivity contribution in [3.05, 3.63) is 30.0 Å². The number of aromatic amines is 1. The smallest absolute Gasteiger partial charge is 0.253 e. The van der Waals surface area contributed by atoms with Crippen LogP contribution in [0, 0.1) is 0 Å². The molecule has 2 rings (SSSR count). The van der Waals surface area contributed by atoms with Crippen molar-refractivity contribution in [3.8, 4) is 0 Å². The Morgan fingerprint density at radius 2 is 2.05 bits per heavy atom. The topological polar surface area (TPSA) is 105 Å². The van der Waals surface area contributed by atoms with E-state index in [0.717, 1.165) is 17.2 Å². The van der Waals surface area contributed by atoms with Crippen molar-refractivity contribution >= 4 is 32.3 Å². The lowest BCUT2D eigenvalue weighted by Crippen LogP contribution is -2.43. The molecule has 1 aromatic carbocycles. The van der Waals surface area contributed by atoms with Crippen LogP contribution in [0.3, 0.4) is 0 Å². The molecule has 1 aromatic heterocycles. The molecule has 0 aliphatic heterocycles. The van der Waals surface area contributed by atoms with Crippen LogP contribution < -0.4 is 11.1 Å². The number of rotatable bonds is 4. The fourth-order valence-electron chi connectivity index (χ4n) is 1.85. The lowest BCUT2D eigenvalue weighted by atomic mass is 10.1. The van der Waals surface area contributed by atoms with Crippen LogP contribution in [0.2, 0.25) is 0 Å². The predicted molar refractivity (Wildman–Crippen MR) is 84.0 cm³/mol. The number of sulfone groups is 1. The largest absolute Gasteiger partial charge is 0.399 e. The molecule has 0 atom stereocenters. The van der Waals surface area contributed by atoms with Gasteiger partial charge in [0.2, 0.25) is 0 Å². The van der Waals surface area contributed by atoms with Gasteiger partial charge in [-0.25, -0.2) is 8.42 Å². The first-order valence-electron chi connectivity index (χ1n) is 6.46. The normalized spacial score (nSPS) is 12.5. The van der Waals surface area contributed by atoms with E-state index in [9.17, 15) is 13.2 Å². The molecule has 0 spiro atoms. The number of carbonyl (C=O) groups is 1. The van der Waals surface area contributed by atoms with Gasteiger partial charge in [-0.15, -0.1) is 0 Å². The molecule has 0 saturated carbocycles. The molecular weight excluding hydrogens is 290 g/mol. The Morgan fingerprint density at radius 1 is 1.38 bits per heavy atom. The van der Waals surface area contributed by atoms with Gasteiger partial charge in [-0.1, -0.05) is 0 Å². The number of fused-ring (bicyclic) bond motifs is 1. The van der Waals surface area contributed by atoms with Gasteiger partial charge in [0.05, 0.1) is 10.3 Å². The minimum Gasteiger partial charge on any atom is -0.399 e. The molecule has 6 nitrogen and oxygen atoms in total. The molecule has 0 bridgehead atoms. The van der Waals surface area contributed by atoms with Crippen LogP contribution in [-0.4, -0.2) is 36.9 Å². The number of benzene rings is 1. The second-order valence-electron chi connectivity index (χ2n) is 5.72. The maximum atomic E-state index is 12.2. The highest BCUT2D eigenvalue weighted by molar-refractivity contribution is 7.92. The molecule has 2 aromatic rings. The Balaban J connectivity index is 2.20. The van der Waals surface area contributed by atoms with Crippen molar-refractivity contribution in [2.75, 3.05) is 18.5 Å². The number of carbonyl (C=O) groups excluding carboxylic acids is 1. The first-order chi connectivity index (χ1) is 9.62. The molecule has 114 valence electrons. The Hall–Kier alpha value is -2.02. The SMILES string of the molecule is CC(C)(CNC(=O)c1c[nH]c2cc(N)ccc12)S(C)(=O)=O. The van der Waals surface area contributed by atoms with Crippen LogP contribution in [0.15, 0.2) is 24.4 Å². The first kappa shape index (κ1) is 15.4. The molecule has 0 saturated heterocycles. The summed E-state index contributed by atoms with van der Waals surface area (Å²) >= 11 is 0. The van der Waals surface area contributed by atoms with Gasteiger partial charge in [-0.3, -0.25) is 4.79 Å². The molecule has 1 amide bonds. The number of amides is 1. The quantitative estimate of drug-likeness (QED) is 0.740. The van der Waals surface area contributed by atoms with Crippen molar-refractivity contribution in [1.29, 1.82) is 0 Å². The predicted octanol–water partition coefficient (Wildman–Crippen LogP) is 1.30. The van der Waals surface area contributed by atoms with Crippen LogP contribution in [0.5, 0.6) is 0 Å². The standard InChI is InChI=1S/C14H19N3O3S/c1-14(2,21(3,19)20)8-17-13(18)11-7-16-12-6-9(15)4-5-10(11)12/h4-7,16H,8,15H2,1-3H3,(H,17,18). The van der Waals surface area contributed by atoms with Crippen molar-refractivity contribution in [3.63, 3.8) is 0 Å². The number of aromatic nitrogens is 1. The van der Waals surface area contributed by atoms with Crippen LogP contribution in [0.4, 0.5) is 5.69 Å². The highest BCUT2D eigenvalue weighted by atomic mass is 32.2. The number of nitrogens with one attached hydrogen (secondary N) is 2. The highest BCUT2D eigenvalue weighted by Gasteiger charge is 2.30. The molecule has 0 aliphatic rings. The lowest BCUT2D eigenvalue weighted by Gasteiger charge is -2.22. The van der Waals surface area contributed by atoms with E-state index in [0.29, 0.717) is 11.3 Å². The Morgan fingerprint density at radius 3 is 2.67 bits per heavy atom. The maximum Gasteiger partial charge on any atom is 0.253 e. The number of nitrogen functional groups attached to an aromatic ring is 1. The summed E-state index contributed by atoms with van der Waals surface area (Å²) in [6, 6.07) is 5.22. The highest BCUT2D eigenvalue weighted by Crippen LogP contribution is 2.21. The van der Waals surface area contributed by atoms with E-state index in [1.165, 1.54) is 0 Å². The molecule has 0 aliphatic carbocycles. The summed E-state index contributed by atoms with van der Waals surface area (Å²) in [6.07, 6.45) is 2.75. The van der Waals surface area contributed by atoms with E-state index in [2.05, 4.69) is 10.3 Å². The van der Waals surface area contributed by atoms with Crippen molar-refractivity contribution in [2.45, 2.75) is 18.6 Å². The van der Waals surface area contributed by atoms with Gasteiger partial charge in [0, 0.05) is 35.6 Å². The van der Waals surface area contributed by atoms with Crippen LogP contribution >= 0.6 is 0 Å². The van der Waals surface area contributed by atoms with Gasteiger partial charge < -0.3 is 16.0 Å². The van der Waals surface area contributed by atoms with Crippen LogP contribution in [0.1, 0.15) is 24.2 Å². The van der Waals surface area contributed by atoms with Crippen molar-refractivity contribution in [1.82, 2.24) is 10.3 Å². The fraction of sp³-hybridized carbons (Fsp3) is 0.357. The van der Waals surface area contributed by atoms with E-state index in [-0.39, 0.29) is 12.5 Å². The minimum atomic E-state index is -3.25. The second-order valence-corrected chi connectivity index (χ2v) is 8.37. The number of hydrogen-bond donors (Lipinski definition) is 3. The zero-order chi connectivity index (χ0) is 15.8. The van der Waals surface area contributed by atoms with Crippen LogP contribution in [-0.2, 0) is 9.84 Å². The third-order valence-corrected chi connectivity index (χ3v) is 5.78. The van der Waals surface area contributed by atoms with E-state index in [1.807, 2.05) is 0 Å². The van der Waals surface area contributed by atoms with Gasteiger partial charge in [0.25, 0.3) is 5.91 Å². The van der Waals surface area contributed by atoms with Crippen molar-refractivity contribution in [2.24, 2.45) is 0 Å². The number of H-pyrrole nitrogens is 1. The summed E-state index contributed by atoms with van der Waals surface area (Å²) in [5.41, 5.74) is 7.52. The summed E-state index contributed by atoms with van der Waals surface area (Å²) in [6.45, 7) is 3.21. The van der Waals surface area contributed by atoms with Gasteiger partial charge in [-0.2, -0.15) is 0 Å². The first-order valence-corrected chi connectivity index (χ1v) is 8.35. The zero-order valence-electron chi connectivity index (χ0n) is 12.2. The maximum absolute atomic E-state index is 12.2. The zero-order valence-corrected chi connectivity index (χ0v) is 13.0. The molecule has 21 heavy (non-hydrogen) atoms. The van der Waals surface area contributed by atoms with Gasteiger partial charge >= 0.3 is 0 Å². The molecule has 0 unspecified atom stereocenters. The van der Waals surface area contributed by atoms with E-state index < -0.39 is 14.6 Å². The summed E-state index contributed by atoms with van der Waals surface area (Å²) < 4.78 is 22.2. The third kappa shape index (κ3) is 3.02. The average Bonchev–Trinajstić information content (AvgIpc) is 2.77. The number of anilines is 1. The number of nitrogens with two attached hydrogens (primary N) is 1. The fourth-order valence-corrected chi connectivity index (χ4v) is 2.19. The Bertz CT molecular complexity index is 791. The molecular formula is C14H19N3O3S. The molecule has 0 fully saturated rings. The summed E-state index contributed by atoms with van der Waals surface area (Å²) in [4.78, 5) is 15.2. The second kappa shape index (κ2) is 5.07. The average molecular weight is 309 g/mol. The van der Waals surface area contributed by atoms with E-state index in [1.54, 1.807) is 38.2 Å². The minimum absolute atomic E-state index is 0.0479. The van der Waals surface area contributed by atoms with Crippen LogP contribution in [0.25, 0.3) is 10.9 Å². The number of hydrogen-bond acceptors (Lipinski definition) is 4. The lowest BCUT2D eigenvalue weighted by molar-refractivity contribution is 0.0952. The Labute approximate surface area is 123 Å². The van der Waals surface area contributed by atoms with Gasteiger partial charge in [-0.05, 0) is 32.0 Å².